The first kappa shape index (κ1) is 23.2. The number of ether oxygens (including phenoxy) is 1. The van der Waals surface area contributed by atoms with Gasteiger partial charge in [0.05, 0.1) is 4.92 Å². The molecule has 2 atom stereocenters. The molecule has 0 aliphatic heterocycles. The molecule has 1 aliphatic carbocycles. The van der Waals surface area contributed by atoms with Gasteiger partial charge in [0.15, 0.2) is 0 Å². The molecule has 176 valence electrons. The van der Waals surface area contributed by atoms with Gasteiger partial charge in [-0.3, -0.25) is 10.1 Å². The number of amides is 1. The van der Waals surface area contributed by atoms with Crippen molar-refractivity contribution >= 4 is 17.5 Å². The van der Waals surface area contributed by atoms with Crippen molar-refractivity contribution in [1.82, 2.24) is 5.32 Å². The number of nitro groups is 1. The molecule has 0 saturated heterocycles. The van der Waals surface area contributed by atoms with Gasteiger partial charge in [-0.05, 0) is 40.3 Å². The van der Waals surface area contributed by atoms with Crippen molar-refractivity contribution in [2.45, 2.75) is 25.0 Å². The normalized spacial score (nSPS) is 14.1. The summed E-state index contributed by atoms with van der Waals surface area (Å²) in [5.74, 6) is -0.105. The van der Waals surface area contributed by atoms with Crippen molar-refractivity contribution in [3.63, 3.8) is 0 Å². The van der Waals surface area contributed by atoms with E-state index < -0.39 is 23.2 Å². The Balaban J connectivity index is 1.36. The first-order valence-electron chi connectivity index (χ1n) is 10.8. The van der Waals surface area contributed by atoms with Crippen molar-refractivity contribution in [3.05, 3.63) is 93.0 Å². The molecule has 9 nitrogen and oxygen atoms in total. The van der Waals surface area contributed by atoms with Gasteiger partial charge in [-0.1, -0.05) is 54.6 Å². The SMILES string of the molecule is Cc1cc(C(O)C(O)CNC(=O)OCC2c3ccccc3-c3ccccc32)cc([N+](=O)[O-])c1N. The number of anilines is 1. The Hall–Kier alpha value is -3.95. The summed E-state index contributed by atoms with van der Waals surface area (Å²) in [4.78, 5) is 22.8. The summed E-state index contributed by atoms with van der Waals surface area (Å²) >= 11 is 0. The van der Waals surface area contributed by atoms with Gasteiger partial charge in [-0.2, -0.15) is 0 Å². The van der Waals surface area contributed by atoms with Gasteiger partial charge in [0.25, 0.3) is 5.69 Å². The van der Waals surface area contributed by atoms with Crippen LogP contribution in [0.15, 0.2) is 60.7 Å². The lowest BCUT2D eigenvalue weighted by molar-refractivity contribution is -0.384. The molecular formula is C25H25N3O6. The number of nitrogens with zero attached hydrogens (tertiary/aromatic N) is 1. The Kier molecular flexibility index (Phi) is 6.49. The van der Waals surface area contributed by atoms with Crippen LogP contribution < -0.4 is 11.1 Å². The fourth-order valence-corrected chi connectivity index (χ4v) is 4.30. The molecule has 5 N–H and O–H groups in total. The minimum atomic E-state index is -1.47. The smallest absolute Gasteiger partial charge is 0.407 e. The number of hydrogen-bond acceptors (Lipinski definition) is 7. The molecule has 4 rings (SSSR count). The molecule has 1 aliphatic rings. The number of carbonyl (C=O) groups is 1. The molecule has 9 heteroatoms. The number of alkyl carbamates (subject to hydrolysis) is 1. The molecule has 3 aromatic carbocycles. The fraction of sp³-hybridized carbons (Fsp3) is 0.240. The van der Waals surface area contributed by atoms with Crippen LogP contribution in [0.2, 0.25) is 0 Å². The number of rotatable bonds is 7. The van der Waals surface area contributed by atoms with Crippen molar-refractivity contribution in [1.29, 1.82) is 0 Å². The molecule has 0 radical (unpaired) electrons. The van der Waals surface area contributed by atoms with Crippen LogP contribution in [0.1, 0.15) is 34.3 Å². The third-order valence-corrected chi connectivity index (χ3v) is 6.09. The number of aryl methyl sites for hydroxylation is 1. The number of fused-ring (bicyclic) bond motifs is 3. The van der Waals surface area contributed by atoms with Gasteiger partial charge in [0, 0.05) is 18.5 Å². The van der Waals surface area contributed by atoms with Crippen molar-refractivity contribution in [2.75, 3.05) is 18.9 Å². The topological polar surface area (TPSA) is 148 Å². The van der Waals surface area contributed by atoms with E-state index in [4.69, 9.17) is 10.5 Å². The number of aliphatic hydroxyl groups is 2. The molecule has 0 bridgehead atoms. The molecular weight excluding hydrogens is 438 g/mol. The first-order chi connectivity index (χ1) is 16.3. The standard InChI is InChI=1S/C25H25N3O6/c1-14-10-15(11-21(23(14)26)28(32)33)24(30)22(29)12-27-25(31)34-13-20-18-8-4-2-6-16(18)17-7-3-5-9-19(17)20/h2-11,20,22,24,29-30H,12-13,26H2,1H3,(H,27,31). The maximum atomic E-state index is 12.3. The molecule has 0 fully saturated rings. The number of carbonyl (C=O) groups excluding carboxylic acids is 1. The van der Waals surface area contributed by atoms with Gasteiger partial charge in [-0.15, -0.1) is 0 Å². The van der Waals surface area contributed by atoms with E-state index in [9.17, 15) is 25.1 Å². The molecule has 0 spiro atoms. The van der Waals surface area contributed by atoms with Gasteiger partial charge in [0.1, 0.15) is 24.5 Å². The second-order valence-electron chi connectivity index (χ2n) is 8.25. The summed E-state index contributed by atoms with van der Waals surface area (Å²) in [6, 6.07) is 18.5. The molecule has 34 heavy (non-hydrogen) atoms. The first-order valence-corrected chi connectivity index (χ1v) is 10.8. The summed E-state index contributed by atoms with van der Waals surface area (Å²) < 4.78 is 5.41. The maximum absolute atomic E-state index is 12.3. The summed E-state index contributed by atoms with van der Waals surface area (Å²) in [7, 11) is 0. The van der Waals surface area contributed by atoms with Gasteiger partial charge in [-0.25, -0.2) is 4.79 Å². The highest BCUT2D eigenvalue weighted by atomic mass is 16.6. The highest BCUT2D eigenvalue weighted by Crippen LogP contribution is 2.44. The number of nitrogen functional groups attached to an aromatic ring is 1. The molecule has 0 aromatic heterocycles. The number of hydrogen-bond donors (Lipinski definition) is 4. The molecule has 2 unspecified atom stereocenters. The average molecular weight is 463 g/mol. The highest BCUT2D eigenvalue weighted by molar-refractivity contribution is 5.79. The minimum Gasteiger partial charge on any atom is -0.449 e. The molecule has 1 amide bonds. The zero-order valence-corrected chi connectivity index (χ0v) is 18.5. The zero-order valence-electron chi connectivity index (χ0n) is 18.5. The Morgan fingerprint density at radius 3 is 2.29 bits per heavy atom. The molecule has 0 saturated carbocycles. The summed E-state index contributed by atoms with van der Waals surface area (Å²) in [5, 5.41) is 34.4. The zero-order chi connectivity index (χ0) is 24.4. The Morgan fingerprint density at radius 2 is 1.71 bits per heavy atom. The van der Waals surface area contributed by atoms with Crippen LogP contribution in [-0.4, -0.2) is 40.5 Å². The maximum Gasteiger partial charge on any atom is 0.407 e. The van der Waals surface area contributed by atoms with E-state index in [1.54, 1.807) is 6.92 Å². The predicted molar refractivity (Wildman–Crippen MR) is 126 cm³/mol. The number of nitrogens with one attached hydrogen (secondary N) is 1. The average Bonchev–Trinajstić information content (AvgIpc) is 3.15. The molecule has 0 heterocycles. The lowest BCUT2D eigenvalue weighted by atomic mass is 9.98. The van der Waals surface area contributed by atoms with E-state index in [0.717, 1.165) is 28.3 Å². The van der Waals surface area contributed by atoms with Crippen molar-refractivity contribution in [3.8, 4) is 11.1 Å². The fourth-order valence-electron chi connectivity index (χ4n) is 4.30. The van der Waals surface area contributed by atoms with Crippen LogP contribution in [0.5, 0.6) is 0 Å². The number of nitrogens with two attached hydrogens (primary N) is 1. The van der Waals surface area contributed by atoms with Crippen LogP contribution in [0.25, 0.3) is 11.1 Å². The number of aliphatic hydroxyl groups excluding tert-OH is 2. The summed E-state index contributed by atoms with van der Waals surface area (Å²) in [5.41, 5.74) is 10.2. The summed E-state index contributed by atoms with van der Waals surface area (Å²) in [6.45, 7) is 1.37. The van der Waals surface area contributed by atoms with E-state index in [0.29, 0.717) is 5.56 Å². The van der Waals surface area contributed by atoms with Crippen LogP contribution in [0.4, 0.5) is 16.2 Å². The largest absolute Gasteiger partial charge is 0.449 e. The summed E-state index contributed by atoms with van der Waals surface area (Å²) in [6.07, 6.45) is -3.62. The number of benzene rings is 3. The van der Waals surface area contributed by atoms with Crippen molar-refractivity contribution in [2.24, 2.45) is 0 Å². The molecule has 3 aromatic rings. The van der Waals surface area contributed by atoms with Gasteiger partial charge < -0.3 is 26.0 Å². The third kappa shape index (κ3) is 4.43. The monoisotopic (exact) mass is 463 g/mol. The Morgan fingerprint density at radius 1 is 1.12 bits per heavy atom. The van der Waals surface area contributed by atoms with Crippen LogP contribution in [0.3, 0.4) is 0 Å². The minimum absolute atomic E-state index is 0.00722. The van der Waals surface area contributed by atoms with E-state index in [-0.39, 0.29) is 36.0 Å². The lowest BCUT2D eigenvalue weighted by Crippen LogP contribution is -2.36. The quantitative estimate of drug-likeness (QED) is 0.238. The number of nitro benzene ring substituents is 1. The van der Waals surface area contributed by atoms with Gasteiger partial charge >= 0.3 is 6.09 Å². The van der Waals surface area contributed by atoms with E-state index >= 15 is 0 Å². The lowest BCUT2D eigenvalue weighted by Gasteiger charge is -2.20. The highest BCUT2D eigenvalue weighted by Gasteiger charge is 2.29. The Labute approximate surface area is 196 Å². The van der Waals surface area contributed by atoms with Gasteiger partial charge in [0.2, 0.25) is 0 Å². The second kappa shape index (κ2) is 9.50. The predicted octanol–water partition coefficient (Wildman–Crippen LogP) is 3.42. The van der Waals surface area contributed by atoms with E-state index in [1.807, 2.05) is 48.5 Å². The van der Waals surface area contributed by atoms with Crippen LogP contribution in [-0.2, 0) is 4.74 Å². The van der Waals surface area contributed by atoms with E-state index in [2.05, 4.69) is 5.32 Å². The van der Waals surface area contributed by atoms with Crippen LogP contribution >= 0.6 is 0 Å². The third-order valence-electron chi connectivity index (χ3n) is 6.09. The van der Waals surface area contributed by atoms with Crippen LogP contribution in [0, 0.1) is 17.0 Å². The Bertz CT molecular complexity index is 1200. The second-order valence-corrected chi connectivity index (χ2v) is 8.25. The van der Waals surface area contributed by atoms with Crippen molar-refractivity contribution < 1.29 is 24.7 Å². The van der Waals surface area contributed by atoms with E-state index in [1.165, 1.54) is 6.07 Å².